The predicted octanol–water partition coefficient (Wildman–Crippen LogP) is 3.24. The highest BCUT2D eigenvalue weighted by atomic mass is 19.1. The van der Waals surface area contributed by atoms with Crippen molar-refractivity contribution >= 4 is 33.8 Å². The van der Waals surface area contributed by atoms with Crippen molar-refractivity contribution in [3.05, 3.63) is 53.9 Å². The number of nitrogens with one attached hydrogen (secondary N) is 1. The number of anilines is 2. The number of hydrogen-bond acceptors (Lipinski definition) is 6. The minimum atomic E-state index is -0.681. The van der Waals surface area contributed by atoms with Crippen molar-refractivity contribution < 1.29 is 14.3 Å². The molecular weight excluding hydrogens is 449 g/mol. The highest BCUT2D eigenvalue weighted by molar-refractivity contribution is 6.13. The Balaban J connectivity index is 0.000000431. The number of nitrogens with zero attached hydrogens (tertiary/aromatic N) is 5. The van der Waals surface area contributed by atoms with Crippen molar-refractivity contribution in [2.75, 3.05) is 29.9 Å². The van der Waals surface area contributed by atoms with E-state index in [1.54, 1.807) is 48.3 Å². The number of imidazole rings is 1. The van der Waals surface area contributed by atoms with E-state index in [-0.39, 0.29) is 11.6 Å². The number of hydrogen-bond donors (Lipinski definition) is 3. The first-order chi connectivity index (χ1) is 16.6. The standard InChI is InChI=1S/C21H21FN6O.C4H11NO/c1-13-10-28-11-14(9-17(22)20(28)23-13)24-21(29)15-5-6-18(27-7-3-4-8-27)16-12-26(2)25-19(15)16;1-4(2,6)3-5/h5-6,9-12H,3-4,7-8H2,1-2H3,(H,24,29);6H,3,5H2,1-2H3. The molecule has 0 saturated carbocycles. The third kappa shape index (κ3) is 5.44. The number of halogens is 1. The van der Waals surface area contributed by atoms with Crippen molar-refractivity contribution in [3.63, 3.8) is 0 Å². The third-order valence-electron chi connectivity index (χ3n) is 5.84. The van der Waals surface area contributed by atoms with E-state index in [0.29, 0.717) is 29.0 Å². The molecule has 10 heteroatoms. The summed E-state index contributed by atoms with van der Waals surface area (Å²) in [6.07, 6.45) is 7.66. The molecule has 0 aliphatic carbocycles. The maximum absolute atomic E-state index is 14.3. The van der Waals surface area contributed by atoms with Crippen LogP contribution in [0.4, 0.5) is 15.8 Å². The highest BCUT2D eigenvalue weighted by Gasteiger charge is 2.21. The Morgan fingerprint density at radius 2 is 1.91 bits per heavy atom. The van der Waals surface area contributed by atoms with E-state index in [1.807, 2.05) is 19.3 Å². The minimum Gasteiger partial charge on any atom is -0.389 e. The number of benzene rings is 1. The summed E-state index contributed by atoms with van der Waals surface area (Å²) < 4.78 is 17.6. The summed E-state index contributed by atoms with van der Waals surface area (Å²) in [6, 6.07) is 5.07. The Morgan fingerprint density at radius 3 is 2.57 bits per heavy atom. The van der Waals surface area contributed by atoms with Gasteiger partial charge in [0, 0.05) is 62.4 Å². The monoisotopic (exact) mass is 481 g/mol. The molecule has 0 spiro atoms. The summed E-state index contributed by atoms with van der Waals surface area (Å²) in [7, 11) is 1.85. The molecule has 0 bridgehead atoms. The molecule has 0 radical (unpaired) electrons. The van der Waals surface area contributed by atoms with Crippen LogP contribution in [-0.2, 0) is 7.05 Å². The van der Waals surface area contributed by atoms with Gasteiger partial charge in [0.05, 0.1) is 22.5 Å². The predicted molar refractivity (Wildman–Crippen MR) is 135 cm³/mol. The highest BCUT2D eigenvalue weighted by Crippen LogP contribution is 2.31. The second-order valence-electron chi connectivity index (χ2n) is 9.55. The second kappa shape index (κ2) is 9.63. The Hall–Kier alpha value is -3.50. The zero-order valence-corrected chi connectivity index (χ0v) is 20.5. The van der Waals surface area contributed by atoms with Crippen LogP contribution < -0.4 is 16.0 Å². The number of rotatable bonds is 4. The molecule has 186 valence electrons. The molecule has 1 saturated heterocycles. The van der Waals surface area contributed by atoms with Crippen LogP contribution in [0.25, 0.3) is 16.6 Å². The summed E-state index contributed by atoms with van der Waals surface area (Å²) in [4.78, 5) is 19.5. The van der Waals surface area contributed by atoms with Crippen molar-refractivity contribution in [1.29, 1.82) is 0 Å². The maximum atomic E-state index is 14.3. The van der Waals surface area contributed by atoms with Crippen molar-refractivity contribution in [1.82, 2.24) is 19.2 Å². The van der Waals surface area contributed by atoms with Crippen LogP contribution in [0, 0.1) is 12.7 Å². The molecule has 4 aromatic rings. The molecule has 5 rings (SSSR count). The van der Waals surface area contributed by atoms with Crippen molar-refractivity contribution in [2.45, 2.75) is 39.2 Å². The summed E-state index contributed by atoms with van der Waals surface area (Å²) >= 11 is 0. The zero-order chi connectivity index (χ0) is 25.3. The van der Waals surface area contributed by atoms with Crippen LogP contribution in [0.1, 0.15) is 42.7 Å². The Bertz CT molecular complexity index is 1360. The van der Waals surface area contributed by atoms with E-state index in [2.05, 4.69) is 20.3 Å². The fourth-order valence-corrected chi connectivity index (χ4v) is 4.07. The zero-order valence-electron chi connectivity index (χ0n) is 20.5. The largest absolute Gasteiger partial charge is 0.389 e. The van der Waals surface area contributed by atoms with Gasteiger partial charge < -0.3 is 25.5 Å². The van der Waals surface area contributed by atoms with E-state index >= 15 is 0 Å². The van der Waals surface area contributed by atoms with E-state index < -0.39 is 11.4 Å². The first kappa shape index (κ1) is 24.6. The number of fused-ring (bicyclic) bond motifs is 2. The summed E-state index contributed by atoms with van der Waals surface area (Å²) in [5.74, 6) is -0.805. The molecule has 1 aliphatic rings. The topological polar surface area (TPSA) is 114 Å². The van der Waals surface area contributed by atoms with Crippen LogP contribution in [0.3, 0.4) is 0 Å². The van der Waals surface area contributed by atoms with Crippen LogP contribution in [0.5, 0.6) is 0 Å². The molecule has 1 aromatic carbocycles. The molecule has 9 nitrogen and oxygen atoms in total. The van der Waals surface area contributed by atoms with Crippen molar-refractivity contribution in [2.24, 2.45) is 12.8 Å². The summed E-state index contributed by atoms with van der Waals surface area (Å²) in [5, 5.41) is 17.0. The normalized spacial score (nSPS) is 13.9. The smallest absolute Gasteiger partial charge is 0.257 e. The summed E-state index contributed by atoms with van der Waals surface area (Å²) in [6.45, 7) is 7.50. The molecule has 4 N–H and O–H groups in total. The third-order valence-corrected chi connectivity index (χ3v) is 5.84. The van der Waals surface area contributed by atoms with Gasteiger partial charge in [-0.1, -0.05) is 0 Å². The Labute approximate surface area is 203 Å². The Kier molecular flexibility index (Phi) is 6.77. The number of carbonyl (C=O) groups excluding carboxylic acids is 1. The number of aryl methyl sites for hydroxylation is 2. The van der Waals surface area contributed by atoms with Crippen LogP contribution in [-0.4, -0.2) is 55.4 Å². The van der Waals surface area contributed by atoms with Gasteiger partial charge in [0.15, 0.2) is 11.5 Å². The molecule has 1 aliphatic heterocycles. The number of aromatic nitrogens is 4. The van der Waals surface area contributed by atoms with Gasteiger partial charge in [-0.15, -0.1) is 0 Å². The molecule has 35 heavy (non-hydrogen) atoms. The maximum Gasteiger partial charge on any atom is 0.257 e. The summed E-state index contributed by atoms with van der Waals surface area (Å²) in [5.41, 5.74) is 7.90. The Morgan fingerprint density at radius 1 is 1.23 bits per heavy atom. The molecule has 1 amide bonds. The average molecular weight is 482 g/mol. The fourth-order valence-electron chi connectivity index (χ4n) is 4.07. The lowest BCUT2D eigenvalue weighted by molar-refractivity contribution is 0.0898. The van der Waals surface area contributed by atoms with E-state index in [9.17, 15) is 9.18 Å². The molecule has 0 unspecified atom stereocenters. The van der Waals surface area contributed by atoms with Gasteiger partial charge >= 0.3 is 0 Å². The average Bonchev–Trinajstić information content (AvgIpc) is 3.52. The van der Waals surface area contributed by atoms with Crippen LogP contribution in [0.15, 0.2) is 36.8 Å². The minimum absolute atomic E-state index is 0.239. The van der Waals surface area contributed by atoms with E-state index in [4.69, 9.17) is 10.8 Å². The van der Waals surface area contributed by atoms with Gasteiger partial charge in [-0.2, -0.15) is 5.10 Å². The van der Waals surface area contributed by atoms with Crippen LogP contribution in [0.2, 0.25) is 0 Å². The number of pyridine rings is 1. The quantitative estimate of drug-likeness (QED) is 0.412. The molecule has 0 atom stereocenters. The van der Waals surface area contributed by atoms with Crippen LogP contribution >= 0.6 is 0 Å². The number of amides is 1. The van der Waals surface area contributed by atoms with Gasteiger partial charge in [0.25, 0.3) is 5.91 Å². The van der Waals surface area contributed by atoms with Gasteiger partial charge in [-0.25, -0.2) is 9.37 Å². The molecule has 4 heterocycles. The number of nitrogens with two attached hydrogens (primary N) is 1. The SMILES string of the molecule is CC(C)(O)CN.Cc1cn2cc(NC(=O)c3ccc(N4CCCC4)c4cn(C)nc34)cc(F)c2n1. The van der Waals surface area contributed by atoms with Gasteiger partial charge in [-0.05, 0) is 45.7 Å². The first-order valence-electron chi connectivity index (χ1n) is 11.7. The van der Waals surface area contributed by atoms with E-state index in [1.165, 1.54) is 18.9 Å². The number of aliphatic hydroxyl groups is 1. The number of carbonyl (C=O) groups is 1. The second-order valence-corrected chi connectivity index (χ2v) is 9.55. The first-order valence-corrected chi connectivity index (χ1v) is 11.7. The fraction of sp³-hybridized carbons (Fsp3) is 0.400. The molecule has 1 fully saturated rings. The molecule has 3 aromatic heterocycles. The van der Waals surface area contributed by atoms with Gasteiger partial charge in [-0.3, -0.25) is 9.48 Å². The lowest BCUT2D eigenvalue weighted by Gasteiger charge is -2.19. The van der Waals surface area contributed by atoms with Gasteiger partial charge in [0.2, 0.25) is 0 Å². The lowest BCUT2D eigenvalue weighted by Crippen LogP contribution is -2.29. The van der Waals surface area contributed by atoms with E-state index in [0.717, 1.165) is 24.2 Å². The van der Waals surface area contributed by atoms with Crippen molar-refractivity contribution in [3.8, 4) is 0 Å². The lowest BCUT2D eigenvalue weighted by atomic mass is 10.1. The van der Waals surface area contributed by atoms with Gasteiger partial charge in [0.1, 0.15) is 5.52 Å². The molecular formula is C25H32FN7O2.